The summed E-state index contributed by atoms with van der Waals surface area (Å²) in [5, 5.41) is 3.85. The van der Waals surface area contributed by atoms with Gasteiger partial charge in [-0.3, -0.25) is 4.79 Å². The van der Waals surface area contributed by atoms with Crippen LogP contribution in [-0.4, -0.2) is 12.1 Å². The molecule has 0 aliphatic carbocycles. The van der Waals surface area contributed by atoms with Gasteiger partial charge in [-0.2, -0.15) is 5.10 Å². The summed E-state index contributed by atoms with van der Waals surface area (Å²) >= 11 is 0. The Balaban J connectivity index is 2.01. The van der Waals surface area contributed by atoms with E-state index < -0.39 is 0 Å². The topological polar surface area (TPSA) is 54.6 Å². The smallest absolute Gasteiger partial charge is 0.271 e. The van der Waals surface area contributed by atoms with Crippen LogP contribution in [0.3, 0.4) is 0 Å². The molecule has 0 unspecified atom stereocenters. The summed E-state index contributed by atoms with van der Waals surface area (Å²) in [4.78, 5) is 11.8. The van der Waals surface area contributed by atoms with Crippen LogP contribution in [0.4, 0.5) is 0 Å². The molecule has 0 saturated carbocycles. The van der Waals surface area contributed by atoms with Crippen LogP contribution in [0.15, 0.2) is 45.9 Å². The summed E-state index contributed by atoms with van der Waals surface area (Å²) in [7, 11) is 0. The molecule has 0 atom stereocenters. The average Bonchev–Trinajstić information content (AvgIpc) is 2.75. The first kappa shape index (κ1) is 12.1. The molecule has 0 aliphatic rings. The van der Waals surface area contributed by atoms with E-state index in [1.165, 1.54) is 6.21 Å². The van der Waals surface area contributed by atoms with Crippen molar-refractivity contribution >= 4 is 12.1 Å². The number of hydrogen-bond donors (Lipinski definition) is 1. The second-order valence-corrected chi connectivity index (χ2v) is 3.96. The van der Waals surface area contributed by atoms with E-state index in [4.69, 9.17) is 4.42 Å². The van der Waals surface area contributed by atoms with Gasteiger partial charge >= 0.3 is 0 Å². The number of carbonyl (C=O) groups excluding carboxylic acids is 1. The summed E-state index contributed by atoms with van der Waals surface area (Å²) < 4.78 is 5.29. The second-order valence-electron chi connectivity index (χ2n) is 3.96. The minimum atomic E-state index is -0.229. The Morgan fingerprint density at radius 3 is 2.67 bits per heavy atom. The third-order valence-corrected chi connectivity index (χ3v) is 2.51. The highest BCUT2D eigenvalue weighted by molar-refractivity contribution is 5.96. The number of amides is 1. The van der Waals surface area contributed by atoms with Crippen LogP contribution >= 0.6 is 0 Å². The van der Waals surface area contributed by atoms with Crippen molar-refractivity contribution in [3.05, 3.63) is 59.0 Å². The van der Waals surface area contributed by atoms with E-state index in [-0.39, 0.29) is 5.91 Å². The molecule has 1 heterocycles. The number of carbonyl (C=O) groups is 1. The largest absolute Gasteiger partial charge is 0.460 e. The van der Waals surface area contributed by atoms with Gasteiger partial charge < -0.3 is 4.42 Å². The van der Waals surface area contributed by atoms with Gasteiger partial charge in [0.2, 0.25) is 0 Å². The second kappa shape index (κ2) is 5.31. The Morgan fingerprint density at radius 1 is 1.22 bits per heavy atom. The average molecular weight is 242 g/mol. The lowest BCUT2D eigenvalue weighted by Crippen LogP contribution is -2.18. The van der Waals surface area contributed by atoms with E-state index in [0.29, 0.717) is 11.3 Å². The van der Waals surface area contributed by atoms with E-state index in [1.807, 2.05) is 38.1 Å². The maximum absolute atomic E-state index is 11.8. The van der Waals surface area contributed by atoms with Gasteiger partial charge in [0.25, 0.3) is 5.91 Å². The third kappa shape index (κ3) is 2.85. The Morgan fingerprint density at radius 2 is 2.00 bits per heavy atom. The Bertz CT molecular complexity index is 585. The Kier molecular flexibility index (Phi) is 3.57. The number of hydrazone groups is 1. The van der Waals surface area contributed by atoms with Crippen molar-refractivity contribution in [3.8, 4) is 0 Å². The predicted octanol–water partition coefficient (Wildman–Crippen LogP) is 2.66. The zero-order chi connectivity index (χ0) is 13.0. The van der Waals surface area contributed by atoms with Crippen molar-refractivity contribution in [1.29, 1.82) is 0 Å². The SMILES string of the molecule is Cc1ccc(C=NNC(=O)c2ccccc2C)o1. The molecule has 0 aliphatic heterocycles. The fourth-order valence-corrected chi connectivity index (χ4v) is 1.57. The summed E-state index contributed by atoms with van der Waals surface area (Å²) in [6.07, 6.45) is 1.48. The van der Waals surface area contributed by atoms with Gasteiger partial charge in [-0.05, 0) is 37.6 Å². The predicted molar refractivity (Wildman–Crippen MR) is 69.7 cm³/mol. The van der Waals surface area contributed by atoms with Crippen molar-refractivity contribution in [2.75, 3.05) is 0 Å². The lowest BCUT2D eigenvalue weighted by Gasteiger charge is -2.02. The van der Waals surface area contributed by atoms with Gasteiger partial charge in [0.05, 0.1) is 6.21 Å². The van der Waals surface area contributed by atoms with Crippen LogP contribution < -0.4 is 5.43 Å². The van der Waals surface area contributed by atoms with Crippen molar-refractivity contribution in [1.82, 2.24) is 5.43 Å². The standard InChI is InChI=1S/C14H14N2O2/c1-10-5-3-4-6-13(10)14(17)16-15-9-12-8-7-11(2)18-12/h3-9H,1-2H3,(H,16,17). The summed E-state index contributed by atoms with van der Waals surface area (Å²) in [5.41, 5.74) is 4.00. The first-order chi connectivity index (χ1) is 8.66. The van der Waals surface area contributed by atoms with Crippen LogP contribution in [0.2, 0.25) is 0 Å². The van der Waals surface area contributed by atoms with Gasteiger partial charge in [-0.15, -0.1) is 0 Å². The summed E-state index contributed by atoms with van der Waals surface area (Å²) in [6.45, 7) is 3.73. The van der Waals surface area contributed by atoms with Crippen molar-refractivity contribution in [3.63, 3.8) is 0 Å². The Hall–Kier alpha value is -2.36. The first-order valence-corrected chi connectivity index (χ1v) is 5.62. The van der Waals surface area contributed by atoms with E-state index in [0.717, 1.165) is 11.3 Å². The molecule has 1 N–H and O–H groups in total. The molecular weight excluding hydrogens is 228 g/mol. The molecule has 1 aromatic carbocycles. The van der Waals surface area contributed by atoms with E-state index in [9.17, 15) is 4.79 Å². The van der Waals surface area contributed by atoms with Crippen LogP contribution in [0, 0.1) is 13.8 Å². The third-order valence-electron chi connectivity index (χ3n) is 2.51. The minimum Gasteiger partial charge on any atom is -0.460 e. The summed E-state index contributed by atoms with van der Waals surface area (Å²) in [6, 6.07) is 11.0. The molecule has 4 heteroatoms. The highest BCUT2D eigenvalue weighted by Crippen LogP contribution is 2.06. The quantitative estimate of drug-likeness (QED) is 0.664. The van der Waals surface area contributed by atoms with Gasteiger partial charge in [0, 0.05) is 5.56 Å². The first-order valence-electron chi connectivity index (χ1n) is 5.62. The fourth-order valence-electron chi connectivity index (χ4n) is 1.57. The lowest BCUT2D eigenvalue weighted by atomic mass is 10.1. The number of benzene rings is 1. The maximum Gasteiger partial charge on any atom is 0.271 e. The van der Waals surface area contributed by atoms with Crippen LogP contribution in [0.1, 0.15) is 27.4 Å². The van der Waals surface area contributed by atoms with E-state index >= 15 is 0 Å². The zero-order valence-electron chi connectivity index (χ0n) is 10.3. The van der Waals surface area contributed by atoms with Crippen LogP contribution in [-0.2, 0) is 0 Å². The fraction of sp³-hybridized carbons (Fsp3) is 0.143. The molecule has 18 heavy (non-hydrogen) atoms. The molecule has 1 aromatic heterocycles. The Labute approximate surface area is 105 Å². The lowest BCUT2D eigenvalue weighted by molar-refractivity contribution is 0.0954. The van der Waals surface area contributed by atoms with Crippen molar-refractivity contribution < 1.29 is 9.21 Å². The molecule has 4 nitrogen and oxygen atoms in total. The van der Waals surface area contributed by atoms with Crippen LogP contribution in [0.25, 0.3) is 0 Å². The number of rotatable bonds is 3. The number of aryl methyl sites for hydroxylation is 2. The monoisotopic (exact) mass is 242 g/mol. The van der Waals surface area contributed by atoms with Gasteiger partial charge in [0.1, 0.15) is 11.5 Å². The molecule has 2 aromatic rings. The molecular formula is C14H14N2O2. The molecule has 1 amide bonds. The zero-order valence-corrected chi connectivity index (χ0v) is 10.3. The molecule has 0 fully saturated rings. The molecule has 2 rings (SSSR count). The molecule has 0 bridgehead atoms. The molecule has 0 radical (unpaired) electrons. The molecule has 0 spiro atoms. The number of furan rings is 1. The molecule has 92 valence electrons. The highest BCUT2D eigenvalue weighted by atomic mass is 16.3. The highest BCUT2D eigenvalue weighted by Gasteiger charge is 2.06. The van der Waals surface area contributed by atoms with E-state index in [1.54, 1.807) is 12.1 Å². The van der Waals surface area contributed by atoms with Crippen molar-refractivity contribution in [2.24, 2.45) is 5.10 Å². The van der Waals surface area contributed by atoms with E-state index in [2.05, 4.69) is 10.5 Å². The molecule has 0 saturated heterocycles. The van der Waals surface area contributed by atoms with Crippen LogP contribution in [0.5, 0.6) is 0 Å². The number of nitrogens with zero attached hydrogens (tertiary/aromatic N) is 1. The normalized spacial score (nSPS) is 10.8. The van der Waals surface area contributed by atoms with Gasteiger partial charge in [-0.1, -0.05) is 18.2 Å². The maximum atomic E-state index is 11.8. The summed E-state index contributed by atoms with van der Waals surface area (Å²) in [5.74, 6) is 1.19. The van der Waals surface area contributed by atoms with Gasteiger partial charge in [-0.25, -0.2) is 5.43 Å². The minimum absolute atomic E-state index is 0.229. The van der Waals surface area contributed by atoms with Gasteiger partial charge in [0.15, 0.2) is 0 Å². The van der Waals surface area contributed by atoms with Crippen molar-refractivity contribution in [2.45, 2.75) is 13.8 Å². The number of nitrogens with one attached hydrogen (secondary N) is 1. The number of hydrogen-bond acceptors (Lipinski definition) is 3.